The third kappa shape index (κ3) is 3.47. The van der Waals surface area contributed by atoms with Gasteiger partial charge in [0, 0.05) is 22.8 Å². The van der Waals surface area contributed by atoms with Crippen LogP contribution in [0, 0.1) is 0 Å². The van der Waals surface area contributed by atoms with E-state index in [1.54, 1.807) is 12.1 Å². The van der Waals surface area contributed by atoms with Crippen molar-refractivity contribution in [3.05, 3.63) is 33.8 Å². The summed E-state index contributed by atoms with van der Waals surface area (Å²) in [6.45, 7) is 0.783. The lowest BCUT2D eigenvalue weighted by Gasteiger charge is -2.12. The van der Waals surface area contributed by atoms with Gasteiger partial charge in [0.1, 0.15) is 0 Å². The van der Waals surface area contributed by atoms with Crippen LogP contribution in [0.25, 0.3) is 0 Å². The third-order valence-electron chi connectivity index (χ3n) is 2.81. The number of rotatable bonds is 4. The molecule has 92 valence electrons. The van der Waals surface area contributed by atoms with Gasteiger partial charge >= 0.3 is 5.97 Å². The smallest absolute Gasteiger partial charge is 0.335 e. The first-order valence-electron chi connectivity index (χ1n) is 5.49. The Morgan fingerprint density at radius 1 is 1.59 bits per heavy atom. The van der Waals surface area contributed by atoms with Crippen molar-refractivity contribution in [3.8, 4) is 0 Å². The summed E-state index contributed by atoms with van der Waals surface area (Å²) in [6, 6.07) is 5.75. The minimum absolute atomic E-state index is 0.317. The van der Waals surface area contributed by atoms with Crippen LogP contribution in [0.5, 0.6) is 0 Å². The Morgan fingerprint density at radius 2 is 2.41 bits per heavy atom. The molecule has 0 radical (unpaired) electrons. The number of hydrogen-bond acceptors (Lipinski definition) is 3. The highest BCUT2D eigenvalue weighted by atomic mass is 79.9. The van der Waals surface area contributed by atoms with Gasteiger partial charge in [-0.1, -0.05) is 22.0 Å². The highest BCUT2D eigenvalue weighted by molar-refractivity contribution is 9.10. The lowest BCUT2D eigenvalue weighted by molar-refractivity contribution is 0.0697. The first kappa shape index (κ1) is 12.9. The van der Waals surface area contributed by atoms with E-state index in [1.165, 1.54) is 17.9 Å². The summed E-state index contributed by atoms with van der Waals surface area (Å²) in [7, 11) is 0. The van der Waals surface area contributed by atoms with Crippen LogP contribution >= 0.6 is 27.7 Å². The van der Waals surface area contributed by atoms with E-state index in [9.17, 15) is 4.79 Å². The van der Waals surface area contributed by atoms with Crippen molar-refractivity contribution in [1.29, 1.82) is 0 Å². The molecular formula is C12H14BrNO2S. The fourth-order valence-electron chi connectivity index (χ4n) is 1.77. The molecule has 0 aliphatic carbocycles. The van der Waals surface area contributed by atoms with Crippen molar-refractivity contribution >= 4 is 33.7 Å². The first-order chi connectivity index (χ1) is 8.16. The molecule has 5 heteroatoms. The minimum Gasteiger partial charge on any atom is -0.478 e. The van der Waals surface area contributed by atoms with Gasteiger partial charge in [0.25, 0.3) is 0 Å². The van der Waals surface area contributed by atoms with Gasteiger partial charge in [0.05, 0.1) is 5.56 Å². The van der Waals surface area contributed by atoms with Gasteiger partial charge in [-0.2, -0.15) is 11.8 Å². The van der Waals surface area contributed by atoms with E-state index >= 15 is 0 Å². The van der Waals surface area contributed by atoms with Gasteiger partial charge in [-0.3, -0.25) is 0 Å². The summed E-state index contributed by atoms with van der Waals surface area (Å²) in [6.07, 6.45) is 1.22. The number of hydrogen-bond donors (Lipinski definition) is 2. The van der Waals surface area contributed by atoms with Crippen molar-refractivity contribution in [3.63, 3.8) is 0 Å². The fourth-order valence-corrected chi connectivity index (χ4v) is 3.48. The molecule has 0 amide bonds. The number of thioether (sulfide) groups is 1. The van der Waals surface area contributed by atoms with Crippen LogP contribution < -0.4 is 5.32 Å². The van der Waals surface area contributed by atoms with Crippen LogP contribution in [0.1, 0.15) is 22.3 Å². The van der Waals surface area contributed by atoms with Gasteiger partial charge in [-0.05, 0) is 29.9 Å². The van der Waals surface area contributed by atoms with Crippen LogP contribution in [-0.4, -0.2) is 28.6 Å². The van der Waals surface area contributed by atoms with Crippen LogP contribution in [0.2, 0.25) is 0 Å². The second-order valence-corrected chi connectivity index (χ2v) is 6.06. The van der Waals surface area contributed by atoms with Crippen molar-refractivity contribution in [2.24, 2.45) is 0 Å². The maximum absolute atomic E-state index is 10.8. The van der Waals surface area contributed by atoms with E-state index in [1.807, 2.05) is 17.8 Å². The molecule has 1 atom stereocenters. The summed E-state index contributed by atoms with van der Waals surface area (Å²) in [5.41, 5.74) is 1.42. The molecule has 1 aliphatic heterocycles. The molecule has 1 heterocycles. The van der Waals surface area contributed by atoms with Crippen molar-refractivity contribution in [2.45, 2.75) is 19.0 Å². The van der Waals surface area contributed by atoms with E-state index in [2.05, 4.69) is 21.2 Å². The standard InChI is InChI=1S/C12H14BrNO2S/c13-11-5-8(12(15)16)1-2-9(11)6-14-10-3-4-17-7-10/h1-2,5,10,14H,3-4,6-7H2,(H,15,16). The molecule has 0 aromatic heterocycles. The van der Waals surface area contributed by atoms with Crippen LogP contribution in [0.15, 0.2) is 22.7 Å². The molecule has 1 aliphatic rings. The zero-order chi connectivity index (χ0) is 12.3. The Morgan fingerprint density at radius 3 is 3.00 bits per heavy atom. The Kier molecular flexibility index (Phi) is 4.48. The average Bonchev–Trinajstić information content (AvgIpc) is 2.80. The topological polar surface area (TPSA) is 49.3 Å². The zero-order valence-corrected chi connectivity index (χ0v) is 11.7. The SMILES string of the molecule is O=C(O)c1ccc(CNC2CCSC2)c(Br)c1. The van der Waals surface area contributed by atoms with Gasteiger partial charge in [0.2, 0.25) is 0 Å². The minimum atomic E-state index is -0.891. The van der Waals surface area contributed by atoms with E-state index in [4.69, 9.17) is 5.11 Å². The average molecular weight is 316 g/mol. The largest absolute Gasteiger partial charge is 0.478 e. The quantitative estimate of drug-likeness (QED) is 0.897. The molecule has 2 N–H and O–H groups in total. The summed E-state index contributed by atoms with van der Waals surface area (Å²) >= 11 is 5.39. The molecule has 1 unspecified atom stereocenters. The summed E-state index contributed by atoms with van der Waals surface area (Å²) in [5, 5.41) is 12.4. The normalized spacial score (nSPS) is 19.5. The van der Waals surface area contributed by atoms with E-state index < -0.39 is 5.97 Å². The monoisotopic (exact) mass is 315 g/mol. The van der Waals surface area contributed by atoms with Crippen LogP contribution in [0.3, 0.4) is 0 Å². The lowest BCUT2D eigenvalue weighted by atomic mass is 10.1. The number of carbonyl (C=O) groups is 1. The second-order valence-electron chi connectivity index (χ2n) is 4.05. The van der Waals surface area contributed by atoms with Crippen LogP contribution in [-0.2, 0) is 6.54 Å². The Bertz CT molecular complexity index is 419. The molecule has 1 aromatic rings. The second kappa shape index (κ2) is 5.89. The van der Waals surface area contributed by atoms with E-state index in [-0.39, 0.29) is 0 Å². The van der Waals surface area contributed by atoms with Crippen molar-refractivity contribution < 1.29 is 9.90 Å². The lowest BCUT2D eigenvalue weighted by Crippen LogP contribution is -2.28. The Labute approximate surface area is 113 Å². The maximum Gasteiger partial charge on any atom is 0.335 e. The Balaban J connectivity index is 1.98. The zero-order valence-electron chi connectivity index (χ0n) is 9.28. The predicted molar refractivity (Wildman–Crippen MR) is 73.7 cm³/mol. The molecule has 0 saturated carbocycles. The number of benzene rings is 1. The van der Waals surface area contributed by atoms with Gasteiger partial charge in [0.15, 0.2) is 0 Å². The van der Waals surface area contributed by atoms with Crippen molar-refractivity contribution in [1.82, 2.24) is 5.32 Å². The molecule has 0 bridgehead atoms. The number of carboxylic acids is 1. The van der Waals surface area contributed by atoms with Gasteiger partial charge in [-0.25, -0.2) is 4.79 Å². The maximum atomic E-state index is 10.8. The Hall–Kier alpha value is -0.520. The highest BCUT2D eigenvalue weighted by Crippen LogP contribution is 2.21. The molecule has 1 saturated heterocycles. The molecular weight excluding hydrogens is 302 g/mol. The van der Waals surface area contributed by atoms with E-state index in [0.717, 1.165) is 16.6 Å². The summed E-state index contributed by atoms with van der Waals surface area (Å²) in [5.74, 6) is 1.51. The summed E-state index contributed by atoms with van der Waals surface area (Å²) in [4.78, 5) is 10.8. The van der Waals surface area contributed by atoms with Crippen LogP contribution in [0.4, 0.5) is 0 Å². The van der Waals surface area contributed by atoms with Gasteiger partial charge in [-0.15, -0.1) is 0 Å². The van der Waals surface area contributed by atoms with Gasteiger partial charge < -0.3 is 10.4 Å². The molecule has 1 aromatic carbocycles. The number of aromatic carboxylic acids is 1. The molecule has 2 rings (SSSR count). The number of nitrogens with one attached hydrogen (secondary N) is 1. The highest BCUT2D eigenvalue weighted by Gasteiger charge is 2.15. The molecule has 17 heavy (non-hydrogen) atoms. The molecule has 3 nitrogen and oxygen atoms in total. The first-order valence-corrected chi connectivity index (χ1v) is 7.44. The van der Waals surface area contributed by atoms with Crippen molar-refractivity contribution in [2.75, 3.05) is 11.5 Å². The third-order valence-corrected chi connectivity index (χ3v) is 4.71. The number of halogens is 1. The fraction of sp³-hybridized carbons (Fsp3) is 0.417. The predicted octanol–water partition coefficient (Wildman–Crippen LogP) is 2.74. The van der Waals surface area contributed by atoms with E-state index in [0.29, 0.717) is 11.6 Å². The number of carboxylic acid groups (broad SMARTS) is 1. The molecule has 1 fully saturated rings. The molecule has 0 spiro atoms. The summed E-state index contributed by atoms with van der Waals surface area (Å²) < 4.78 is 0.857.